The van der Waals surface area contributed by atoms with E-state index in [-0.39, 0.29) is 5.41 Å². The maximum Gasteiger partial charge on any atom is 0.125 e. The highest BCUT2D eigenvalue weighted by molar-refractivity contribution is 7.15. The lowest BCUT2D eigenvalue weighted by atomic mass is 9.91. The molecule has 2 rings (SSSR count). The fourth-order valence-electron chi connectivity index (χ4n) is 1.70. The highest BCUT2D eigenvalue weighted by atomic mass is 32.1. The van der Waals surface area contributed by atoms with Crippen molar-refractivity contribution in [3.05, 3.63) is 29.0 Å². The number of rotatable bonds is 3. The summed E-state index contributed by atoms with van der Waals surface area (Å²) in [6.07, 6.45) is 3.89. The van der Waals surface area contributed by atoms with Gasteiger partial charge in [-0.25, -0.2) is 4.98 Å². The van der Waals surface area contributed by atoms with Crippen LogP contribution in [0.5, 0.6) is 0 Å². The zero-order chi connectivity index (χ0) is 11.8. The molecule has 2 aromatic heterocycles. The van der Waals surface area contributed by atoms with Crippen molar-refractivity contribution in [3.63, 3.8) is 0 Å². The van der Waals surface area contributed by atoms with E-state index in [2.05, 4.69) is 30.7 Å². The van der Waals surface area contributed by atoms with Gasteiger partial charge in [0.1, 0.15) is 5.01 Å². The first-order valence-electron chi connectivity index (χ1n) is 5.36. The summed E-state index contributed by atoms with van der Waals surface area (Å²) in [5.74, 6) is 0. The highest BCUT2D eigenvalue weighted by Crippen LogP contribution is 2.35. The predicted molar refractivity (Wildman–Crippen MR) is 68.7 cm³/mol. The lowest BCUT2D eigenvalue weighted by molar-refractivity contribution is 0.546. The topological polar surface area (TPSA) is 54.7 Å². The van der Waals surface area contributed by atoms with Crippen LogP contribution in [0.1, 0.15) is 24.4 Å². The molecule has 0 aliphatic heterocycles. The van der Waals surface area contributed by atoms with Gasteiger partial charge < -0.3 is 10.7 Å². The molecule has 0 aliphatic rings. The van der Waals surface area contributed by atoms with Crippen LogP contribution in [0.3, 0.4) is 0 Å². The smallest absolute Gasteiger partial charge is 0.125 e. The predicted octanol–water partition coefficient (Wildman–Crippen LogP) is 2.68. The van der Waals surface area contributed by atoms with Gasteiger partial charge in [-0.15, -0.1) is 11.3 Å². The van der Waals surface area contributed by atoms with Gasteiger partial charge in [-0.2, -0.15) is 0 Å². The van der Waals surface area contributed by atoms with Crippen LogP contribution in [-0.2, 0) is 5.41 Å². The number of aromatic nitrogens is 2. The fraction of sp³-hybridized carbons (Fsp3) is 0.417. The molecule has 0 amide bonds. The Kier molecular flexibility index (Phi) is 2.86. The minimum atomic E-state index is 0.0102. The van der Waals surface area contributed by atoms with E-state index in [9.17, 15) is 0 Å². The van der Waals surface area contributed by atoms with Crippen LogP contribution in [0.15, 0.2) is 18.5 Å². The number of H-pyrrole nitrogens is 1. The van der Waals surface area contributed by atoms with Gasteiger partial charge >= 0.3 is 0 Å². The Labute approximate surface area is 99.7 Å². The lowest BCUT2D eigenvalue weighted by Gasteiger charge is -2.20. The third-order valence-electron chi connectivity index (χ3n) is 2.77. The SMILES string of the molecule is Cc1nc(-c2cc[nH]c2)sc1C(C)(C)CN. The van der Waals surface area contributed by atoms with Crippen molar-refractivity contribution in [1.29, 1.82) is 0 Å². The Morgan fingerprint density at radius 1 is 1.50 bits per heavy atom. The van der Waals surface area contributed by atoms with E-state index in [0.29, 0.717) is 6.54 Å². The Balaban J connectivity index is 2.44. The summed E-state index contributed by atoms with van der Waals surface area (Å²) in [5.41, 5.74) is 8.06. The van der Waals surface area contributed by atoms with Gasteiger partial charge in [0, 0.05) is 34.8 Å². The number of aromatic amines is 1. The number of aryl methyl sites for hydroxylation is 1. The first kappa shape index (κ1) is 11.4. The highest BCUT2D eigenvalue weighted by Gasteiger charge is 2.24. The van der Waals surface area contributed by atoms with E-state index in [0.717, 1.165) is 16.3 Å². The number of thiazole rings is 1. The maximum absolute atomic E-state index is 5.81. The second-order valence-corrected chi connectivity index (χ2v) is 5.62. The molecule has 86 valence electrons. The lowest BCUT2D eigenvalue weighted by Crippen LogP contribution is -2.27. The average Bonchev–Trinajstić information content (AvgIpc) is 2.85. The zero-order valence-corrected chi connectivity index (χ0v) is 10.7. The Morgan fingerprint density at radius 3 is 2.81 bits per heavy atom. The Bertz CT molecular complexity index is 468. The quantitative estimate of drug-likeness (QED) is 0.859. The molecule has 0 bridgehead atoms. The molecule has 16 heavy (non-hydrogen) atoms. The van der Waals surface area contributed by atoms with Crippen molar-refractivity contribution in [1.82, 2.24) is 9.97 Å². The molecule has 0 fully saturated rings. The van der Waals surface area contributed by atoms with E-state index in [1.807, 2.05) is 18.5 Å². The number of nitrogens with two attached hydrogens (primary N) is 1. The number of hydrogen-bond acceptors (Lipinski definition) is 3. The Morgan fingerprint density at radius 2 is 2.25 bits per heavy atom. The molecule has 0 atom stereocenters. The van der Waals surface area contributed by atoms with Gasteiger partial charge in [0.25, 0.3) is 0 Å². The van der Waals surface area contributed by atoms with E-state index < -0.39 is 0 Å². The molecular weight excluding hydrogens is 218 g/mol. The van der Waals surface area contributed by atoms with Gasteiger partial charge in [0.15, 0.2) is 0 Å². The molecule has 0 aromatic carbocycles. The summed E-state index contributed by atoms with van der Waals surface area (Å²) in [5, 5.41) is 1.07. The van der Waals surface area contributed by atoms with Crippen LogP contribution >= 0.6 is 11.3 Å². The minimum Gasteiger partial charge on any atom is -0.367 e. The van der Waals surface area contributed by atoms with Crippen molar-refractivity contribution in [2.45, 2.75) is 26.2 Å². The zero-order valence-electron chi connectivity index (χ0n) is 9.87. The normalized spacial score (nSPS) is 12.0. The summed E-state index contributed by atoms with van der Waals surface area (Å²) in [6.45, 7) is 7.02. The van der Waals surface area contributed by atoms with Crippen molar-refractivity contribution in [2.75, 3.05) is 6.54 Å². The molecule has 0 aliphatic carbocycles. The summed E-state index contributed by atoms with van der Waals surface area (Å²) in [7, 11) is 0. The van der Waals surface area contributed by atoms with Crippen molar-refractivity contribution < 1.29 is 0 Å². The van der Waals surface area contributed by atoms with E-state index in [4.69, 9.17) is 5.73 Å². The van der Waals surface area contributed by atoms with Gasteiger partial charge in [-0.3, -0.25) is 0 Å². The van der Waals surface area contributed by atoms with E-state index >= 15 is 0 Å². The van der Waals surface area contributed by atoms with Gasteiger partial charge in [0.05, 0.1) is 5.69 Å². The molecule has 0 spiro atoms. The third kappa shape index (κ3) is 1.90. The molecule has 0 saturated heterocycles. The average molecular weight is 235 g/mol. The van der Waals surface area contributed by atoms with Crippen molar-refractivity contribution in [2.24, 2.45) is 5.73 Å². The monoisotopic (exact) mass is 235 g/mol. The third-order valence-corrected chi connectivity index (χ3v) is 4.34. The molecule has 0 unspecified atom stereocenters. The second-order valence-electron chi connectivity index (χ2n) is 4.62. The number of hydrogen-bond donors (Lipinski definition) is 2. The first-order chi connectivity index (χ1) is 7.54. The molecule has 4 heteroatoms. The molecule has 3 N–H and O–H groups in total. The molecule has 2 aromatic rings. The largest absolute Gasteiger partial charge is 0.367 e. The minimum absolute atomic E-state index is 0.0102. The summed E-state index contributed by atoms with van der Waals surface area (Å²) < 4.78 is 0. The fourth-order valence-corrected chi connectivity index (χ4v) is 2.87. The molecule has 0 saturated carbocycles. The van der Waals surface area contributed by atoms with Crippen LogP contribution in [0.2, 0.25) is 0 Å². The summed E-state index contributed by atoms with van der Waals surface area (Å²) in [4.78, 5) is 8.95. The van der Waals surface area contributed by atoms with Crippen LogP contribution < -0.4 is 5.73 Å². The van der Waals surface area contributed by atoms with Crippen molar-refractivity contribution in [3.8, 4) is 10.6 Å². The van der Waals surface area contributed by atoms with Crippen LogP contribution in [-0.4, -0.2) is 16.5 Å². The standard InChI is InChI=1S/C12H17N3S/c1-8-10(12(2,3)7-13)16-11(15-8)9-4-5-14-6-9/h4-6,14H,7,13H2,1-3H3. The molecule has 3 nitrogen and oxygen atoms in total. The van der Waals surface area contributed by atoms with Crippen molar-refractivity contribution >= 4 is 11.3 Å². The van der Waals surface area contributed by atoms with E-state index in [1.54, 1.807) is 11.3 Å². The van der Waals surface area contributed by atoms with Crippen LogP contribution in [0, 0.1) is 6.92 Å². The van der Waals surface area contributed by atoms with Crippen LogP contribution in [0.25, 0.3) is 10.6 Å². The number of nitrogens with one attached hydrogen (secondary N) is 1. The van der Waals surface area contributed by atoms with Gasteiger partial charge in [0.2, 0.25) is 0 Å². The molecule has 0 radical (unpaired) electrons. The van der Waals surface area contributed by atoms with E-state index in [1.165, 1.54) is 4.88 Å². The number of nitrogens with zero attached hydrogens (tertiary/aromatic N) is 1. The Hall–Kier alpha value is -1.13. The molecular formula is C12H17N3S. The first-order valence-corrected chi connectivity index (χ1v) is 6.17. The second kappa shape index (κ2) is 4.03. The molecule has 2 heterocycles. The summed E-state index contributed by atoms with van der Waals surface area (Å²) >= 11 is 1.74. The van der Waals surface area contributed by atoms with Gasteiger partial charge in [-0.1, -0.05) is 13.8 Å². The van der Waals surface area contributed by atoms with Crippen LogP contribution in [0.4, 0.5) is 0 Å². The summed E-state index contributed by atoms with van der Waals surface area (Å²) in [6, 6.07) is 2.04. The van der Waals surface area contributed by atoms with Gasteiger partial charge in [-0.05, 0) is 13.0 Å². The maximum atomic E-state index is 5.81.